The lowest BCUT2D eigenvalue weighted by Gasteiger charge is -2.38. The van der Waals surface area contributed by atoms with Gasteiger partial charge in [-0.25, -0.2) is 0 Å². The van der Waals surface area contributed by atoms with Crippen molar-refractivity contribution in [1.29, 1.82) is 0 Å². The largest absolute Gasteiger partial charge is 0.494 e. The maximum atomic E-state index is 10.8. The molecule has 1 heterocycles. The number of ether oxygens (including phenoxy) is 1. The third-order valence-electron chi connectivity index (χ3n) is 4.79. The van der Waals surface area contributed by atoms with Crippen LogP contribution in [0.1, 0.15) is 24.8 Å². The molecule has 3 nitrogen and oxygen atoms in total. The van der Waals surface area contributed by atoms with E-state index in [1.165, 1.54) is 5.56 Å². The van der Waals surface area contributed by atoms with Gasteiger partial charge in [0.25, 0.3) is 0 Å². The fourth-order valence-corrected chi connectivity index (χ4v) is 3.34. The highest BCUT2D eigenvalue weighted by molar-refractivity contribution is 5.20. The highest BCUT2D eigenvalue weighted by Gasteiger charge is 2.32. The Balaban J connectivity index is 1.36. The van der Waals surface area contributed by atoms with Crippen LogP contribution in [-0.2, 0) is 6.42 Å². The zero-order valence-electron chi connectivity index (χ0n) is 14.2. The van der Waals surface area contributed by atoms with Gasteiger partial charge in [0.1, 0.15) is 5.75 Å². The summed E-state index contributed by atoms with van der Waals surface area (Å²) in [6.07, 6.45) is 3.48. The van der Waals surface area contributed by atoms with Crippen LogP contribution >= 0.6 is 0 Å². The SMILES string of the molecule is OC1(Cc2ccccc2)CCN(CCCOc2ccccc2)CC1. The van der Waals surface area contributed by atoms with Crippen molar-refractivity contribution in [3.8, 4) is 5.75 Å². The molecule has 0 atom stereocenters. The smallest absolute Gasteiger partial charge is 0.119 e. The zero-order chi connectivity index (χ0) is 16.7. The maximum absolute atomic E-state index is 10.8. The van der Waals surface area contributed by atoms with Crippen LogP contribution in [0.15, 0.2) is 60.7 Å². The minimum absolute atomic E-state index is 0.543. The van der Waals surface area contributed by atoms with Crippen molar-refractivity contribution in [3.63, 3.8) is 0 Å². The van der Waals surface area contributed by atoms with E-state index < -0.39 is 5.60 Å². The molecule has 2 aromatic rings. The van der Waals surface area contributed by atoms with E-state index in [4.69, 9.17) is 4.74 Å². The topological polar surface area (TPSA) is 32.7 Å². The lowest BCUT2D eigenvalue weighted by molar-refractivity contribution is -0.0212. The number of aliphatic hydroxyl groups is 1. The minimum atomic E-state index is -0.543. The summed E-state index contributed by atoms with van der Waals surface area (Å²) in [6, 6.07) is 20.3. The number of nitrogens with zero attached hydrogens (tertiary/aromatic N) is 1. The van der Waals surface area contributed by atoms with Crippen molar-refractivity contribution in [1.82, 2.24) is 4.90 Å². The summed E-state index contributed by atoms with van der Waals surface area (Å²) >= 11 is 0. The van der Waals surface area contributed by atoms with Crippen molar-refractivity contribution in [2.75, 3.05) is 26.2 Å². The van der Waals surface area contributed by atoms with Crippen LogP contribution in [0, 0.1) is 0 Å². The van der Waals surface area contributed by atoms with Gasteiger partial charge in [-0.2, -0.15) is 0 Å². The van der Waals surface area contributed by atoms with E-state index in [1.54, 1.807) is 0 Å². The first-order valence-corrected chi connectivity index (χ1v) is 8.90. The summed E-state index contributed by atoms with van der Waals surface area (Å²) in [5.74, 6) is 0.938. The molecule has 0 bridgehead atoms. The Hall–Kier alpha value is -1.84. The minimum Gasteiger partial charge on any atom is -0.494 e. The van der Waals surface area contributed by atoms with Crippen molar-refractivity contribution >= 4 is 0 Å². The third kappa shape index (κ3) is 5.08. The molecule has 1 saturated heterocycles. The second-order valence-corrected chi connectivity index (χ2v) is 6.74. The lowest BCUT2D eigenvalue weighted by atomic mass is 9.85. The molecule has 0 radical (unpaired) electrons. The molecule has 128 valence electrons. The fraction of sp³-hybridized carbons (Fsp3) is 0.429. The first-order chi connectivity index (χ1) is 11.7. The number of likely N-dealkylation sites (tertiary alicyclic amines) is 1. The summed E-state index contributed by atoms with van der Waals surface area (Å²) < 4.78 is 5.74. The molecule has 24 heavy (non-hydrogen) atoms. The highest BCUT2D eigenvalue weighted by Crippen LogP contribution is 2.26. The molecule has 0 spiro atoms. The second kappa shape index (κ2) is 8.32. The molecule has 0 unspecified atom stereocenters. The van der Waals surface area contributed by atoms with E-state index in [0.717, 1.165) is 57.7 Å². The van der Waals surface area contributed by atoms with E-state index in [0.29, 0.717) is 0 Å². The van der Waals surface area contributed by atoms with Gasteiger partial charge in [0.05, 0.1) is 12.2 Å². The molecule has 0 aromatic heterocycles. The number of para-hydroxylation sites is 1. The lowest BCUT2D eigenvalue weighted by Crippen LogP contribution is -2.46. The summed E-state index contributed by atoms with van der Waals surface area (Å²) in [7, 11) is 0. The van der Waals surface area contributed by atoms with Crippen molar-refractivity contribution in [2.45, 2.75) is 31.3 Å². The molecular weight excluding hydrogens is 298 g/mol. The quantitative estimate of drug-likeness (QED) is 0.791. The highest BCUT2D eigenvalue weighted by atomic mass is 16.5. The molecule has 0 saturated carbocycles. The van der Waals surface area contributed by atoms with E-state index in [-0.39, 0.29) is 0 Å². The normalized spacial score (nSPS) is 17.5. The summed E-state index contributed by atoms with van der Waals surface area (Å²) in [6.45, 7) is 3.71. The standard InChI is InChI=1S/C21H27NO2/c23-21(18-19-8-3-1-4-9-19)12-15-22(16-13-21)14-7-17-24-20-10-5-2-6-11-20/h1-6,8-11,23H,7,12-18H2. The zero-order valence-corrected chi connectivity index (χ0v) is 14.2. The fourth-order valence-electron chi connectivity index (χ4n) is 3.34. The predicted molar refractivity (Wildman–Crippen MR) is 97.3 cm³/mol. The van der Waals surface area contributed by atoms with Crippen LogP contribution in [0.3, 0.4) is 0 Å². The van der Waals surface area contributed by atoms with Gasteiger partial charge in [-0.1, -0.05) is 48.5 Å². The van der Waals surface area contributed by atoms with Crippen LogP contribution in [0.2, 0.25) is 0 Å². The molecule has 3 heteroatoms. The number of hydrogen-bond acceptors (Lipinski definition) is 3. The Kier molecular flexibility index (Phi) is 5.89. The van der Waals surface area contributed by atoms with Gasteiger partial charge < -0.3 is 14.7 Å². The van der Waals surface area contributed by atoms with Crippen LogP contribution in [0.25, 0.3) is 0 Å². The number of hydrogen-bond donors (Lipinski definition) is 1. The number of rotatable bonds is 7. The van der Waals surface area contributed by atoms with E-state index in [2.05, 4.69) is 17.0 Å². The average Bonchev–Trinajstić information content (AvgIpc) is 2.62. The third-order valence-corrected chi connectivity index (χ3v) is 4.79. The van der Waals surface area contributed by atoms with Gasteiger partial charge >= 0.3 is 0 Å². The van der Waals surface area contributed by atoms with Gasteiger partial charge in [-0.15, -0.1) is 0 Å². The monoisotopic (exact) mass is 325 g/mol. The van der Waals surface area contributed by atoms with Gasteiger partial charge in [0, 0.05) is 26.1 Å². The molecule has 3 rings (SSSR count). The van der Waals surface area contributed by atoms with Gasteiger partial charge in [0.2, 0.25) is 0 Å². The predicted octanol–water partition coefficient (Wildman–Crippen LogP) is 3.53. The van der Waals surface area contributed by atoms with E-state index in [9.17, 15) is 5.11 Å². The first-order valence-electron chi connectivity index (χ1n) is 8.90. The summed E-state index contributed by atoms with van der Waals surface area (Å²) in [5.41, 5.74) is 0.683. The Labute approximate surface area is 144 Å². The maximum Gasteiger partial charge on any atom is 0.119 e. The Bertz CT molecular complexity index is 592. The van der Waals surface area contributed by atoms with Crippen LogP contribution in [0.5, 0.6) is 5.75 Å². The van der Waals surface area contributed by atoms with Gasteiger partial charge in [-0.3, -0.25) is 0 Å². The molecular formula is C21H27NO2. The van der Waals surface area contributed by atoms with Crippen LogP contribution in [0.4, 0.5) is 0 Å². The Morgan fingerprint density at radius 1 is 0.917 bits per heavy atom. The van der Waals surface area contributed by atoms with Crippen molar-refractivity contribution < 1.29 is 9.84 Å². The average molecular weight is 325 g/mol. The molecule has 0 aliphatic carbocycles. The van der Waals surface area contributed by atoms with E-state index in [1.807, 2.05) is 48.5 Å². The van der Waals surface area contributed by atoms with Gasteiger partial charge in [-0.05, 0) is 37.0 Å². The van der Waals surface area contributed by atoms with Gasteiger partial charge in [0.15, 0.2) is 0 Å². The molecule has 1 aliphatic rings. The van der Waals surface area contributed by atoms with Crippen LogP contribution < -0.4 is 4.74 Å². The molecule has 1 fully saturated rings. The van der Waals surface area contributed by atoms with E-state index >= 15 is 0 Å². The van der Waals surface area contributed by atoms with Crippen molar-refractivity contribution in [3.05, 3.63) is 66.2 Å². The molecule has 1 N–H and O–H groups in total. The molecule has 0 amide bonds. The number of piperidine rings is 1. The first kappa shape index (κ1) is 17.0. The molecule has 1 aliphatic heterocycles. The Morgan fingerprint density at radius 2 is 1.54 bits per heavy atom. The molecule has 2 aromatic carbocycles. The summed E-state index contributed by atoms with van der Waals surface area (Å²) in [5, 5.41) is 10.8. The summed E-state index contributed by atoms with van der Waals surface area (Å²) in [4.78, 5) is 2.44. The number of benzene rings is 2. The van der Waals surface area contributed by atoms with Crippen LogP contribution in [-0.4, -0.2) is 41.8 Å². The van der Waals surface area contributed by atoms with Crippen molar-refractivity contribution in [2.24, 2.45) is 0 Å². The second-order valence-electron chi connectivity index (χ2n) is 6.74. The Morgan fingerprint density at radius 3 is 2.21 bits per heavy atom.